The van der Waals surface area contributed by atoms with Gasteiger partial charge < -0.3 is 15.8 Å². The Morgan fingerprint density at radius 1 is 1.61 bits per heavy atom. The number of aromatic nitrogens is 2. The average Bonchev–Trinajstić information content (AvgIpc) is 2.35. The van der Waals surface area contributed by atoms with Crippen LogP contribution in [0.3, 0.4) is 0 Å². The van der Waals surface area contributed by atoms with Gasteiger partial charge in [-0.05, 0) is 19.4 Å². The number of rotatable bonds is 7. The van der Waals surface area contributed by atoms with Crippen LogP contribution in [0.15, 0.2) is 12.3 Å². The Kier molecular flexibility index (Phi) is 5.99. The molecule has 1 aromatic rings. The summed E-state index contributed by atoms with van der Waals surface area (Å²) in [6, 6.07) is 1.70. The fourth-order valence-electron chi connectivity index (χ4n) is 1.33. The van der Waals surface area contributed by atoms with E-state index in [4.69, 9.17) is 22.7 Å². The zero-order valence-corrected chi connectivity index (χ0v) is 11.0. The molecule has 0 saturated heterocycles. The minimum atomic E-state index is -0.201. The molecule has 0 spiro atoms. The molecule has 1 heterocycles. The number of anilines is 1. The normalized spacial score (nSPS) is 9.83. The maximum atomic E-state index is 11.1. The van der Waals surface area contributed by atoms with Crippen molar-refractivity contribution in [3.05, 3.63) is 17.8 Å². The molecule has 6 nitrogen and oxygen atoms in total. The largest absolute Gasteiger partial charge is 0.466 e. The van der Waals surface area contributed by atoms with Crippen LogP contribution in [0.1, 0.15) is 25.3 Å². The summed E-state index contributed by atoms with van der Waals surface area (Å²) in [4.78, 5) is 11.4. The van der Waals surface area contributed by atoms with Crippen LogP contribution in [0, 0.1) is 0 Å². The molecule has 0 aliphatic rings. The van der Waals surface area contributed by atoms with E-state index in [0.717, 1.165) is 0 Å². The molecule has 0 saturated carbocycles. The number of carbonyl (C=O) groups excluding carboxylic acids is 1. The summed E-state index contributed by atoms with van der Waals surface area (Å²) in [6.45, 7) is 2.76. The van der Waals surface area contributed by atoms with Crippen LogP contribution in [0.5, 0.6) is 0 Å². The zero-order chi connectivity index (χ0) is 13.4. The van der Waals surface area contributed by atoms with Crippen LogP contribution in [0.2, 0.25) is 0 Å². The Morgan fingerprint density at radius 2 is 2.39 bits per heavy atom. The van der Waals surface area contributed by atoms with E-state index in [1.54, 1.807) is 13.0 Å². The predicted octanol–water partition coefficient (Wildman–Crippen LogP) is 0.866. The van der Waals surface area contributed by atoms with E-state index in [-0.39, 0.29) is 11.0 Å². The van der Waals surface area contributed by atoms with Crippen LogP contribution in [0.4, 0.5) is 5.82 Å². The van der Waals surface area contributed by atoms with Gasteiger partial charge in [-0.3, -0.25) is 4.79 Å². The number of hydrogen-bond donors (Lipinski definition) is 2. The number of esters is 1. The molecule has 0 aliphatic heterocycles. The zero-order valence-electron chi connectivity index (χ0n) is 10.2. The van der Waals surface area contributed by atoms with Crippen molar-refractivity contribution in [3.63, 3.8) is 0 Å². The van der Waals surface area contributed by atoms with Gasteiger partial charge in [0.2, 0.25) is 0 Å². The molecule has 0 aromatic carbocycles. The predicted molar refractivity (Wildman–Crippen MR) is 72.3 cm³/mol. The lowest BCUT2D eigenvalue weighted by atomic mass is 10.2. The van der Waals surface area contributed by atoms with Crippen molar-refractivity contribution in [3.8, 4) is 0 Å². The Bertz CT molecular complexity index is 425. The lowest BCUT2D eigenvalue weighted by molar-refractivity contribution is -0.143. The lowest BCUT2D eigenvalue weighted by Gasteiger charge is -2.08. The van der Waals surface area contributed by atoms with Crippen LogP contribution in [-0.2, 0) is 9.53 Å². The van der Waals surface area contributed by atoms with Crippen molar-refractivity contribution in [1.82, 2.24) is 10.2 Å². The summed E-state index contributed by atoms with van der Waals surface area (Å²) in [7, 11) is 0. The molecule has 0 bridgehead atoms. The third kappa shape index (κ3) is 4.62. The van der Waals surface area contributed by atoms with Gasteiger partial charge >= 0.3 is 5.97 Å². The molecule has 18 heavy (non-hydrogen) atoms. The Balaban J connectivity index is 2.40. The van der Waals surface area contributed by atoms with E-state index in [0.29, 0.717) is 37.4 Å². The van der Waals surface area contributed by atoms with Crippen molar-refractivity contribution in [2.24, 2.45) is 5.73 Å². The van der Waals surface area contributed by atoms with E-state index in [1.807, 2.05) is 0 Å². The fourth-order valence-corrected chi connectivity index (χ4v) is 1.50. The fraction of sp³-hybridized carbons (Fsp3) is 0.455. The molecule has 0 radical (unpaired) electrons. The van der Waals surface area contributed by atoms with Crippen molar-refractivity contribution in [1.29, 1.82) is 0 Å². The smallest absolute Gasteiger partial charge is 0.305 e. The van der Waals surface area contributed by atoms with E-state index < -0.39 is 0 Å². The molecular weight excluding hydrogens is 252 g/mol. The van der Waals surface area contributed by atoms with Gasteiger partial charge in [0.25, 0.3) is 0 Å². The topological polar surface area (TPSA) is 90.1 Å². The van der Waals surface area contributed by atoms with Gasteiger partial charge in [-0.2, -0.15) is 5.10 Å². The quantitative estimate of drug-likeness (QED) is 0.430. The highest BCUT2D eigenvalue weighted by Crippen LogP contribution is 2.09. The highest BCUT2D eigenvalue weighted by atomic mass is 32.1. The number of carbonyl (C=O) groups is 1. The van der Waals surface area contributed by atoms with Crippen molar-refractivity contribution < 1.29 is 9.53 Å². The van der Waals surface area contributed by atoms with Gasteiger partial charge in [0.05, 0.1) is 18.4 Å². The van der Waals surface area contributed by atoms with Crippen LogP contribution >= 0.6 is 12.2 Å². The molecule has 3 N–H and O–H groups in total. The van der Waals surface area contributed by atoms with E-state index >= 15 is 0 Å². The van der Waals surface area contributed by atoms with Gasteiger partial charge in [-0.1, -0.05) is 12.2 Å². The summed E-state index contributed by atoms with van der Waals surface area (Å²) in [6.07, 6.45) is 2.54. The second-order valence-electron chi connectivity index (χ2n) is 3.49. The third-order valence-corrected chi connectivity index (χ3v) is 2.36. The number of nitrogens with one attached hydrogen (secondary N) is 1. The minimum Gasteiger partial charge on any atom is -0.466 e. The van der Waals surface area contributed by atoms with E-state index in [1.165, 1.54) is 6.20 Å². The summed E-state index contributed by atoms with van der Waals surface area (Å²) in [5.41, 5.74) is 6.21. The molecule has 1 aromatic heterocycles. The summed E-state index contributed by atoms with van der Waals surface area (Å²) in [5.74, 6) is 0.335. The highest BCUT2D eigenvalue weighted by Gasteiger charge is 2.06. The monoisotopic (exact) mass is 268 g/mol. The standard InChI is InChI=1S/C11H16N4O2S/c1-2-17-9(16)4-3-6-13-11-8(10(12)18)5-7-14-15-11/h5,7H,2-4,6H2,1H3,(H2,12,18)(H,13,15). The molecule has 0 fully saturated rings. The van der Waals surface area contributed by atoms with Crippen LogP contribution in [0.25, 0.3) is 0 Å². The number of nitrogens with two attached hydrogens (primary N) is 1. The summed E-state index contributed by atoms with van der Waals surface area (Å²) in [5, 5.41) is 10.7. The molecule has 0 amide bonds. The number of thiocarbonyl (C=S) groups is 1. The van der Waals surface area contributed by atoms with Crippen LogP contribution in [-0.4, -0.2) is 34.3 Å². The van der Waals surface area contributed by atoms with Crippen molar-refractivity contribution >= 4 is 29.0 Å². The molecule has 1 rings (SSSR count). The first-order chi connectivity index (χ1) is 8.65. The molecule has 7 heteroatoms. The van der Waals surface area contributed by atoms with Gasteiger partial charge in [-0.15, -0.1) is 5.10 Å². The minimum absolute atomic E-state index is 0.201. The van der Waals surface area contributed by atoms with E-state index in [9.17, 15) is 4.79 Å². The Hall–Kier alpha value is -1.76. The molecule has 0 aliphatic carbocycles. The van der Waals surface area contributed by atoms with E-state index in [2.05, 4.69) is 15.5 Å². The lowest BCUT2D eigenvalue weighted by Crippen LogP contribution is -2.16. The summed E-state index contributed by atoms with van der Waals surface area (Å²) >= 11 is 4.90. The number of ether oxygens (including phenoxy) is 1. The maximum Gasteiger partial charge on any atom is 0.305 e. The first-order valence-corrected chi connectivity index (χ1v) is 6.07. The van der Waals surface area contributed by atoms with Gasteiger partial charge in [0.1, 0.15) is 4.99 Å². The second-order valence-corrected chi connectivity index (χ2v) is 3.93. The van der Waals surface area contributed by atoms with Crippen molar-refractivity contribution in [2.45, 2.75) is 19.8 Å². The average molecular weight is 268 g/mol. The summed E-state index contributed by atoms with van der Waals surface area (Å²) < 4.78 is 4.82. The maximum absolute atomic E-state index is 11.1. The van der Waals surface area contributed by atoms with Gasteiger partial charge in [0.15, 0.2) is 5.82 Å². The SMILES string of the molecule is CCOC(=O)CCCNc1nnccc1C(N)=S. The Morgan fingerprint density at radius 3 is 3.06 bits per heavy atom. The second kappa shape index (κ2) is 7.54. The highest BCUT2D eigenvalue weighted by molar-refractivity contribution is 7.80. The van der Waals surface area contributed by atoms with Gasteiger partial charge in [-0.25, -0.2) is 0 Å². The Labute approximate surface area is 111 Å². The molecule has 0 atom stereocenters. The first-order valence-electron chi connectivity index (χ1n) is 5.66. The first kappa shape index (κ1) is 14.3. The third-order valence-electron chi connectivity index (χ3n) is 2.14. The number of nitrogens with zero attached hydrogens (tertiary/aromatic N) is 2. The van der Waals surface area contributed by atoms with Gasteiger partial charge in [0, 0.05) is 13.0 Å². The molecular formula is C11H16N4O2S. The number of hydrogen-bond acceptors (Lipinski definition) is 6. The molecule has 0 unspecified atom stereocenters. The molecule has 98 valence electrons. The van der Waals surface area contributed by atoms with Crippen LogP contribution < -0.4 is 11.1 Å². The van der Waals surface area contributed by atoms with Crippen molar-refractivity contribution in [2.75, 3.05) is 18.5 Å².